The Morgan fingerprint density at radius 2 is 1.80 bits per heavy atom. The molecule has 1 aromatic heterocycles. The van der Waals surface area contributed by atoms with Crippen molar-refractivity contribution in [2.24, 2.45) is 0 Å². The lowest BCUT2D eigenvalue weighted by Crippen LogP contribution is -2.41. The molecule has 0 fully saturated rings. The minimum Gasteiger partial charge on any atom is -0.481 e. The number of benzene rings is 1. The van der Waals surface area contributed by atoms with Crippen LogP contribution in [0.5, 0.6) is 0 Å². The van der Waals surface area contributed by atoms with Gasteiger partial charge in [0.1, 0.15) is 6.04 Å². The number of carbonyl (C=O) groups is 3. The van der Waals surface area contributed by atoms with E-state index in [1.807, 2.05) is 17.5 Å². The van der Waals surface area contributed by atoms with Crippen molar-refractivity contribution < 1.29 is 24.6 Å². The molecule has 0 aliphatic heterocycles. The van der Waals surface area contributed by atoms with Crippen molar-refractivity contribution in [3.8, 4) is 0 Å². The highest BCUT2D eigenvalue weighted by atomic mass is 32.1. The number of hydrogen-bond acceptors (Lipinski definition) is 5. The Morgan fingerprint density at radius 3 is 2.36 bits per heavy atom. The van der Waals surface area contributed by atoms with E-state index in [0.717, 1.165) is 5.69 Å². The van der Waals surface area contributed by atoms with Crippen molar-refractivity contribution in [3.05, 3.63) is 52.2 Å². The first-order valence-electron chi connectivity index (χ1n) is 7.57. The predicted octanol–water partition coefficient (Wildman–Crippen LogP) is 2.41. The molecule has 1 amide bonds. The van der Waals surface area contributed by atoms with Crippen LogP contribution in [0.25, 0.3) is 0 Å². The lowest BCUT2D eigenvalue weighted by Gasteiger charge is -2.14. The third-order valence-corrected chi connectivity index (χ3v) is 4.32. The molecule has 25 heavy (non-hydrogen) atoms. The fraction of sp³-hybridized carbons (Fsp3) is 0.235. The number of hydrogen-bond donors (Lipinski definition) is 4. The lowest BCUT2D eigenvalue weighted by molar-refractivity contribution is -0.140. The summed E-state index contributed by atoms with van der Waals surface area (Å²) in [6.07, 6.45) is -0.500. The van der Waals surface area contributed by atoms with Crippen molar-refractivity contribution in [3.63, 3.8) is 0 Å². The topological polar surface area (TPSA) is 116 Å². The Balaban J connectivity index is 1.91. The third kappa shape index (κ3) is 5.92. The van der Waals surface area contributed by atoms with Crippen molar-refractivity contribution >= 4 is 34.9 Å². The average molecular weight is 362 g/mol. The number of rotatable bonds is 9. The van der Waals surface area contributed by atoms with Gasteiger partial charge in [-0.05, 0) is 42.1 Å². The molecule has 0 saturated carbocycles. The second-order valence-corrected chi connectivity index (χ2v) is 6.34. The first-order chi connectivity index (χ1) is 12.0. The molecule has 2 rings (SSSR count). The fourth-order valence-corrected chi connectivity index (χ4v) is 2.75. The van der Waals surface area contributed by atoms with Gasteiger partial charge in [0.05, 0.1) is 0 Å². The zero-order valence-electron chi connectivity index (χ0n) is 13.3. The maximum absolute atomic E-state index is 12.1. The van der Waals surface area contributed by atoms with E-state index >= 15 is 0 Å². The molecule has 1 aromatic carbocycles. The monoisotopic (exact) mass is 362 g/mol. The number of anilines is 1. The molecule has 1 heterocycles. The molecular formula is C17H18N2O5S. The van der Waals surface area contributed by atoms with Gasteiger partial charge in [-0.3, -0.25) is 9.59 Å². The summed E-state index contributed by atoms with van der Waals surface area (Å²) in [7, 11) is 0. The number of aliphatic carboxylic acids is 2. The first-order valence-corrected chi connectivity index (χ1v) is 8.45. The molecule has 0 spiro atoms. The molecule has 8 heteroatoms. The minimum atomic E-state index is -1.26. The van der Waals surface area contributed by atoms with Crippen LogP contribution in [0.1, 0.15) is 28.1 Å². The van der Waals surface area contributed by atoms with Crippen LogP contribution in [0.2, 0.25) is 0 Å². The zero-order chi connectivity index (χ0) is 18.2. The Bertz CT molecular complexity index is 728. The van der Waals surface area contributed by atoms with E-state index in [9.17, 15) is 14.4 Å². The molecule has 7 nitrogen and oxygen atoms in total. The van der Waals surface area contributed by atoms with Crippen LogP contribution in [-0.2, 0) is 16.1 Å². The molecule has 2 aromatic rings. The molecule has 0 bridgehead atoms. The van der Waals surface area contributed by atoms with Crippen LogP contribution in [0, 0.1) is 0 Å². The molecule has 0 radical (unpaired) electrons. The third-order valence-electron chi connectivity index (χ3n) is 3.44. The van der Waals surface area contributed by atoms with Crippen molar-refractivity contribution in [1.82, 2.24) is 5.32 Å². The largest absolute Gasteiger partial charge is 0.481 e. The van der Waals surface area contributed by atoms with Gasteiger partial charge in [0.15, 0.2) is 0 Å². The predicted molar refractivity (Wildman–Crippen MR) is 93.8 cm³/mol. The number of carbonyl (C=O) groups excluding carboxylic acids is 1. The number of amides is 1. The van der Waals surface area contributed by atoms with Crippen LogP contribution < -0.4 is 10.6 Å². The van der Waals surface area contributed by atoms with E-state index < -0.39 is 23.9 Å². The SMILES string of the molecule is O=C(O)CCC(NC(=O)c1ccc(NCc2cccs2)cc1)C(=O)O. The summed E-state index contributed by atoms with van der Waals surface area (Å²) in [6.45, 7) is 0.680. The second-order valence-electron chi connectivity index (χ2n) is 5.31. The summed E-state index contributed by atoms with van der Waals surface area (Å²) in [4.78, 5) is 35.0. The molecule has 1 unspecified atom stereocenters. The summed E-state index contributed by atoms with van der Waals surface area (Å²) in [5.74, 6) is -2.92. The van der Waals surface area contributed by atoms with Crippen LogP contribution >= 0.6 is 11.3 Å². The van der Waals surface area contributed by atoms with E-state index in [2.05, 4.69) is 10.6 Å². The maximum Gasteiger partial charge on any atom is 0.326 e. The van der Waals surface area contributed by atoms with Gasteiger partial charge < -0.3 is 20.8 Å². The molecule has 0 aliphatic rings. The molecule has 0 aliphatic carbocycles. The van der Waals surface area contributed by atoms with Gasteiger partial charge in [0.25, 0.3) is 5.91 Å². The maximum atomic E-state index is 12.1. The summed E-state index contributed by atoms with van der Waals surface area (Å²) >= 11 is 1.64. The molecule has 132 valence electrons. The Morgan fingerprint density at radius 1 is 1.08 bits per heavy atom. The van der Waals surface area contributed by atoms with E-state index in [4.69, 9.17) is 10.2 Å². The van der Waals surface area contributed by atoms with Crippen LogP contribution in [0.15, 0.2) is 41.8 Å². The van der Waals surface area contributed by atoms with Gasteiger partial charge in [0.2, 0.25) is 0 Å². The highest BCUT2D eigenvalue weighted by Crippen LogP contribution is 2.14. The summed E-state index contributed by atoms with van der Waals surface area (Å²) in [5.41, 5.74) is 1.15. The normalized spacial score (nSPS) is 11.5. The summed E-state index contributed by atoms with van der Waals surface area (Å²) in [5, 5.41) is 25.3. The first kappa shape index (κ1) is 18.5. The average Bonchev–Trinajstić information content (AvgIpc) is 3.10. The van der Waals surface area contributed by atoms with E-state index in [1.165, 1.54) is 4.88 Å². The zero-order valence-corrected chi connectivity index (χ0v) is 14.1. The van der Waals surface area contributed by atoms with E-state index in [1.54, 1.807) is 35.6 Å². The lowest BCUT2D eigenvalue weighted by atomic mass is 10.1. The van der Waals surface area contributed by atoms with Gasteiger partial charge in [-0.25, -0.2) is 4.79 Å². The Kier molecular flexibility index (Phi) is 6.53. The number of carboxylic acid groups (broad SMARTS) is 2. The van der Waals surface area contributed by atoms with E-state index in [-0.39, 0.29) is 12.8 Å². The highest BCUT2D eigenvalue weighted by molar-refractivity contribution is 7.09. The Labute approximate surface area is 148 Å². The number of carboxylic acids is 2. The fourth-order valence-electron chi connectivity index (χ4n) is 2.11. The number of thiophene rings is 1. The van der Waals surface area contributed by atoms with Crippen LogP contribution in [-0.4, -0.2) is 34.1 Å². The van der Waals surface area contributed by atoms with Crippen molar-refractivity contribution in [2.45, 2.75) is 25.4 Å². The quantitative estimate of drug-likeness (QED) is 0.544. The van der Waals surface area contributed by atoms with Gasteiger partial charge in [-0.15, -0.1) is 11.3 Å². The van der Waals surface area contributed by atoms with Gasteiger partial charge >= 0.3 is 11.9 Å². The van der Waals surface area contributed by atoms with E-state index in [0.29, 0.717) is 12.1 Å². The van der Waals surface area contributed by atoms with Crippen molar-refractivity contribution in [2.75, 3.05) is 5.32 Å². The second kappa shape index (κ2) is 8.84. The van der Waals surface area contributed by atoms with Gasteiger partial charge in [-0.1, -0.05) is 6.07 Å². The summed E-state index contributed by atoms with van der Waals surface area (Å²) in [6, 6.07) is 9.39. The Hall–Kier alpha value is -2.87. The van der Waals surface area contributed by atoms with Crippen LogP contribution in [0.4, 0.5) is 5.69 Å². The highest BCUT2D eigenvalue weighted by Gasteiger charge is 2.21. The molecule has 4 N–H and O–H groups in total. The van der Waals surface area contributed by atoms with Gasteiger partial charge in [0, 0.05) is 29.1 Å². The molecular weight excluding hydrogens is 344 g/mol. The van der Waals surface area contributed by atoms with Crippen LogP contribution in [0.3, 0.4) is 0 Å². The number of nitrogens with one attached hydrogen (secondary N) is 2. The standard InChI is InChI=1S/C17H18N2O5S/c20-15(21)8-7-14(17(23)24)19-16(22)11-3-5-12(6-4-11)18-10-13-2-1-9-25-13/h1-6,9,14,18H,7-8,10H2,(H,19,22)(H,20,21)(H,23,24). The smallest absolute Gasteiger partial charge is 0.326 e. The minimum absolute atomic E-state index is 0.170. The summed E-state index contributed by atoms with van der Waals surface area (Å²) < 4.78 is 0. The molecule has 1 atom stereocenters. The molecule has 0 saturated heterocycles. The van der Waals surface area contributed by atoms with Gasteiger partial charge in [-0.2, -0.15) is 0 Å². The van der Waals surface area contributed by atoms with Crippen molar-refractivity contribution in [1.29, 1.82) is 0 Å².